The van der Waals surface area contributed by atoms with Crippen molar-refractivity contribution in [1.82, 2.24) is 15.6 Å². The summed E-state index contributed by atoms with van der Waals surface area (Å²) < 4.78 is 0. The molecule has 1 rings (SSSR count). The van der Waals surface area contributed by atoms with E-state index in [1.54, 1.807) is 12.4 Å². The Balaban J connectivity index is 2.58. The largest absolute Gasteiger partial charge is 0.370 e. The highest BCUT2D eigenvalue weighted by Gasteiger charge is 2.14. The van der Waals surface area contributed by atoms with Gasteiger partial charge in [-0.2, -0.15) is 0 Å². The third kappa shape index (κ3) is 7.19. The predicted octanol–water partition coefficient (Wildman–Crippen LogP) is 1.71. The predicted molar refractivity (Wildman–Crippen MR) is 77.5 cm³/mol. The molecule has 19 heavy (non-hydrogen) atoms. The highest BCUT2D eigenvalue weighted by molar-refractivity contribution is 6.76. The van der Waals surface area contributed by atoms with Gasteiger partial charge in [0.05, 0.1) is 13.0 Å². The van der Waals surface area contributed by atoms with Crippen LogP contribution >= 0.6 is 0 Å². The minimum atomic E-state index is -1.31. The molecule has 0 amide bonds. The SMILES string of the molecule is C[Si](C)(C)CNC(=C[N+](=O)[O-])NCc1cccnc1. The van der Waals surface area contributed by atoms with Gasteiger partial charge in [0.1, 0.15) is 0 Å². The third-order valence-electron chi connectivity index (χ3n) is 2.25. The highest BCUT2D eigenvalue weighted by Crippen LogP contribution is 2.00. The van der Waals surface area contributed by atoms with Gasteiger partial charge in [0.15, 0.2) is 5.82 Å². The molecule has 0 aliphatic rings. The smallest absolute Gasteiger partial charge is 0.274 e. The summed E-state index contributed by atoms with van der Waals surface area (Å²) in [5.41, 5.74) is 0.978. The molecule has 1 aromatic rings. The van der Waals surface area contributed by atoms with Gasteiger partial charge in [0, 0.05) is 25.1 Å². The van der Waals surface area contributed by atoms with E-state index in [-0.39, 0.29) is 0 Å². The van der Waals surface area contributed by atoms with Crippen molar-refractivity contribution in [3.05, 3.63) is 52.2 Å². The van der Waals surface area contributed by atoms with Gasteiger partial charge < -0.3 is 10.6 Å². The Bertz CT molecular complexity index is 443. The fraction of sp³-hybridized carbons (Fsp3) is 0.417. The molecule has 0 fully saturated rings. The summed E-state index contributed by atoms with van der Waals surface area (Å²) in [6.45, 7) is 7.10. The van der Waals surface area contributed by atoms with Crippen molar-refractivity contribution in [3.63, 3.8) is 0 Å². The number of pyridine rings is 1. The number of nitrogens with one attached hydrogen (secondary N) is 2. The van der Waals surface area contributed by atoms with Gasteiger partial charge in [-0.15, -0.1) is 0 Å². The Hall–Kier alpha value is -1.89. The second-order valence-corrected chi connectivity index (χ2v) is 10.9. The van der Waals surface area contributed by atoms with E-state index in [1.807, 2.05) is 12.1 Å². The quantitative estimate of drug-likeness (QED) is 0.451. The molecule has 0 saturated carbocycles. The summed E-state index contributed by atoms with van der Waals surface area (Å²) in [6, 6.07) is 3.76. The lowest BCUT2D eigenvalue weighted by Gasteiger charge is -2.19. The molecule has 1 aromatic heterocycles. The molecule has 1 heterocycles. The fourth-order valence-electron chi connectivity index (χ4n) is 1.32. The first-order valence-corrected chi connectivity index (χ1v) is 9.79. The molecule has 0 atom stereocenters. The average Bonchev–Trinajstić information content (AvgIpc) is 2.32. The summed E-state index contributed by atoms with van der Waals surface area (Å²) in [5.74, 6) is 0.441. The summed E-state index contributed by atoms with van der Waals surface area (Å²) in [4.78, 5) is 14.1. The maximum atomic E-state index is 10.6. The van der Waals surface area contributed by atoms with E-state index in [0.29, 0.717) is 12.4 Å². The number of hydrogen-bond donors (Lipinski definition) is 2. The lowest BCUT2D eigenvalue weighted by molar-refractivity contribution is -0.404. The van der Waals surface area contributed by atoms with Crippen LogP contribution in [0.1, 0.15) is 5.56 Å². The van der Waals surface area contributed by atoms with Crippen LogP contribution in [0.25, 0.3) is 0 Å². The Morgan fingerprint density at radius 2 is 2.21 bits per heavy atom. The van der Waals surface area contributed by atoms with Gasteiger partial charge in [-0.3, -0.25) is 15.1 Å². The first-order valence-electron chi connectivity index (χ1n) is 6.09. The van der Waals surface area contributed by atoms with Crippen molar-refractivity contribution in [2.45, 2.75) is 26.2 Å². The molecule has 2 N–H and O–H groups in total. The Kier molecular flexibility index (Phi) is 5.50. The molecule has 0 saturated heterocycles. The molecular weight excluding hydrogens is 260 g/mol. The zero-order valence-corrected chi connectivity index (χ0v) is 12.5. The lowest BCUT2D eigenvalue weighted by Crippen LogP contribution is -2.39. The molecule has 0 bridgehead atoms. The van der Waals surface area contributed by atoms with Gasteiger partial charge in [-0.1, -0.05) is 25.7 Å². The van der Waals surface area contributed by atoms with Crippen molar-refractivity contribution in [1.29, 1.82) is 0 Å². The van der Waals surface area contributed by atoms with E-state index in [2.05, 4.69) is 35.3 Å². The van der Waals surface area contributed by atoms with Gasteiger partial charge in [0.2, 0.25) is 0 Å². The first-order chi connectivity index (χ1) is 8.87. The summed E-state index contributed by atoms with van der Waals surface area (Å²) >= 11 is 0. The zero-order chi connectivity index (χ0) is 14.3. The topological polar surface area (TPSA) is 80.1 Å². The van der Waals surface area contributed by atoms with Gasteiger partial charge in [-0.25, -0.2) is 0 Å². The number of hydrogen-bond acceptors (Lipinski definition) is 5. The summed E-state index contributed by atoms with van der Waals surface area (Å²) in [7, 11) is -1.31. The van der Waals surface area contributed by atoms with Crippen LogP contribution in [0.2, 0.25) is 19.6 Å². The van der Waals surface area contributed by atoms with Crippen LogP contribution in [0, 0.1) is 10.1 Å². The molecule has 0 aliphatic heterocycles. The van der Waals surface area contributed by atoms with E-state index in [0.717, 1.165) is 17.9 Å². The molecule has 0 aromatic carbocycles. The van der Waals surface area contributed by atoms with E-state index >= 15 is 0 Å². The number of aromatic nitrogens is 1. The van der Waals surface area contributed by atoms with E-state index in [1.165, 1.54) is 0 Å². The monoisotopic (exact) mass is 280 g/mol. The van der Waals surface area contributed by atoms with Crippen LogP contribution in [0.5, 0.6) is 0 Å². The van der Waals surface area contributed by atoms with Crippen molar-refractivity contribution in [3.8, 4) is 0 Å². The normalized spacial score (nSPS) is 12.1. The van der Waals surface area contributed by atoms with Crippen LogP contribution in [-0.2, 0) is 6.54 Å². The van der Waals surface area contributed by atoms with Crippen molar-refractivity contribution in [2.24, 2.45) is 0 Å². The molecule has 6 nitrogen and oxygen atoms in total. The zero-order valence-electron chi connectivity index (χ0n) is 11.5. The number of nitrogens with zero attached hydrogens (tertiary/aromatic N) is 2. The van der Waals surface area contributed by atoms with Crippen molar-refractivity contribution >= 4 is 8.07 Å². The molecule has 0 aliphatic carbocycles. The fourth-order valence-corrected chi connectivity index (χ4v) is 2.04. The Morgan fingerprint density at radius 1 is 1.47 bits per heavy atom. The van der Waals surface area contributed by atoms with E-state index in [4.69, 9.17) is 0 Å². The molecule has 0 unspecified atom stereocenters. The summed E-state index contributed by atoms with van der Waals surface area (Å²) in [6.07, 6.45) is 5.18. The second-order valence-electron chi connectivity index (χ2n) is 5.46. The Morgan fingerprint density at radius 3 is 2.74 bits per heavy atom. The molecule has 0 spiro atoms. The van der Waals surface area contributed by atoms with Crippen molar-refractivity contribution in [2.75, 3.05) is 6.17 Å². The van der Waals surface area contributed by atoms with E-state index in [9.17, 15) is 10.1 Å². The van der Waals surface area contributed by atoms with Crippen LogP contribution < -0.4 is 10.6 Å². The minimum absolute atomic E-state index is 0.441. The van der Waals surface area contributed by atoms with Crippen LogP contribution in [0.3, 0.4) is 0 Å². The molecule has 0 radical (unpaired) electrons. The number of rotatable bonds is 7. The molecule has 104 valence electrons. The van der Waals surface area contributed by atoms with Gasteiger partial charge in [-0.05, 0) is 11.6 Å². The third-order valence-corrected chi connectivity index (χ3v) is 3.49. The van der Waals surface area contributed by atoms with Crippen molar-refractivity contribution < 1.29 is 4.92 Å². The standard InChI is InChI=1S/C12H20N4O2Si/c1-19(2,3)10-15-12(9-16(17)18)14-8-11-5-4-6-13-7-11/h4-7,9,14-15H,8,10H2,1-3H3. The Labute approximate surface area is 114 Å². The lowest BCUT2D eigenvalue weighted by atomic mass is 10.3. The molecular formula is C12H20N4O2Si. The first kappa shape index (κ1) is 15.2. The van der Waals surface area contributed by atoms with Crippen LogP contribution in [0.4, 0.5) is 0 Å². The maximum absolute atomic E-state index is 10.6. The van der Waals surface area contributed by atoms with Crippen LogP contribution in [-0.4, -0.2) is 24.1 Å². The van der Waals surface area contributed by atoms with Gasteiger partial charge >= 0.3 is 0 Å². The molecule has 7 heteroatoms. The highest BCUT2D eigenvalue weighted by atomic mass is 28.3. The average molecular weight is 280 g/mol. The minimum Gasteiger partial charge on any atom is -0.370 e. The van der Waals surface area contributed by atoms with E-state index < -0.39 is 13.0 Å². The summed E-state index contributed by atoms with van der Waals surface area (Å²) in [5, 5.41) is 16.7. The van der Waals surface area contributed by atoms with Crippen LogP contribution in [0.15, 0.2) is 36.5 Å². The maximum Gasteiger partial charge on any atom is 0.274 e. The number of nitro groups is 1. The van der Waals surface area contributed by atoms with Gasteiger partial charge in [0.25, 0.3) is 6.20 Å². The second kappa shape index (κ2) is 6.88.